The number of anilines is 1. The summed E-state index contributed by atoms with van der Waals surface area (Å²) in [5, 5.41) is 0.378. The van der Waals surface area contributed by atoms with Gasteiger partial charge in [-0.25, -0.2) is 4.98 Å². The molecule has 0 unspecified atom stereocenters. The minimum absolute atomic E-state index is 0.378. The highest BCUT2D eigenvalue weighted by molar-refractivity contribution is 6.32. The number of aromatic nitrogens is 3. The minimum Gasteiger partial charge on any atom is -0.369 e. The average Bonchev–Trinajstić information content (AvgIpc) is 2.43. The second kappa shape index (κ2) is 3.31. The van der Waals surface area contributed by atoms with Gasteiger partial charge >= 0.3 is 0 Å². The fourth-order valence-electron chi connectivity index (χ4n) is 1.26. The van der Waals surface area contributed by atoms with E-state index in [1.165, 1.54) is 0 Å². The molecule has 0 radical (unpaired) electrons. The Morgan fingerprint density at radius 2 is 2.21 bits per heavy atom. The zero-order chi connectivity index (χ0) is 10.1. The van der Waals surface area contributed by atoms with Crippen LogP contribution in [0.5, 0.6) is 0 Å². The predicted molar refractivity (Wildman–Crippen MR) is 55.9 cm³/mol. The third-order valence-corrected chi connectivity index (χ3v) is 2.26. The molecule has 0 aromatic carbocycles. The highest BCUT2D eigenvalue weighted by Gasteiger charge is 2.13. The van der Waals surface area contributed by atoms with Crippen molar-refractivity contribution in [3.05, 3.63) is 29.5 Å². The molecular formula is C9H9ClN4. The maximum atomic E-state index is 5.93. The fraction of sp³-hybridized carbons (Fsp3) is 0.111. The first-order chi connectivity index (χ1) is 6.70. The summed E-state index contributed by atoms with van der Waals surface area (Å²) in [5.74, 6) is 0.385. The molecule has 2 N–H and O–H groups in total. The summed E-state index contributed by atoms with van der Waals surface area (Å²) in [4.78, 5) is 8.14. The maximum Gasteiger partial charge on any atom is 0.201 e. The van der Waals surface area contributed by atoms with Gasteiger partial charge in [-0.2, -0.15) is 0 Å². The maximum absolute atomic E-state index is 5.93. The van der Waals surface area contributed by atoms with E-state index in [2.05, 4.69) is 9.97 Å². The number of nitrogen functional groups attached to an aromatic ring is 1. The summed E-state index contributed by atoms with van der Waals surface area (Å²) >= 11 is 5.93. The molecule has 0 aliphatic carbocycles. The van der Waals surface area contributed by atoms with E-state index >= 15 is 0 Å². The molecule has 0 amide bonds. The third-order valence-electron chi connectivity index (χ3n) is 1.99. The summed E-state index contributed by atoms with van der Waals surface area (Å²) in [7, 11) is 1.80. The normalized spacial score (nSPS) is 10.4. The average molecular weight is 209 g/mol. The Hall–Kier alpha value is -1.55. The largest absolute Gasteiger partial charge is 0.369 e. The van der Waals surface area contributed by atoms with Crippen LogP contribution in [0.4, 0.5) is 5.95 Å². The monoisotopic (exact) mass is 208 g/mol. The second-order valence-corrected chi connectivity index (χ2v) is 3.24. The standard InChI is InChI=1S/C9H9ClN4/c1-14-7(8(10)13-9(14)11)6-4-2-3-5-12-6/h2-5H,1H3,(H2,11,13). The zero-order valence-corrected chi connectivity index (χ0v) is 8.36. The van der Waals surface area contributed by atoms with Crippen LogP contribution in [0, 0.1) is 0 Å². The molecule has 0 saturated heterocycles. The molecule has 0 saturated carbocycles. The number of nitrogens with two attached hydrogens (primary N) is 1. The van der Waals surface area contributed by atoms with Crippen LogP contribution < -0.4 is 5.73 Å². The molecule has 0 atom stereocenters. The van der Waals surface area contributed by atoms with Crippen LogP contribution in [0.2, 0.25) is 5.15 Å². The van der Waals surface area contributed by atoms with E-state index in [9.17, 15) is 0 Å². The van der Waals surface area contributed by atoms with Crippen molar-refractivity contribution in [1.82, 2.24) is 14.5 Å². The van der Waals surface area contributed by atoms with Gasteiger partial charge in [-0.3, -0.25) is 4.98 Å². The highest BCUT2D eigenvalue weighted by atomic mass is 35.5. The van der Waals surface area contributed by atoms with E-state index in [0.29, 0.717) is 11.1 Å². The van der Waals surface area contributed by atoms with E-state index in [0.717, 1.165) is 11.4 Å². The van der Waals surface area contributed by atoms with Gasteiger partial charge in [0.25, 0.3) is 0 Å². The number of nitrogens with zero attached hydrogens (tertiary/aromatic N) is 3. The number of hydrogen-bond donors (Lipinski definition) is 1. The number of hydrogen-bond acceptors (Lipinski definition) is 3. The van der Waals surface area contributed by atoms with Crippen molar-refractivity contribution in [3.63, 3.8) is 0 Å². The Morgan fingerprint density at radius 3 is 2.71 bits per heavy atom. The molecule has 5 heteroatoms. The molecule has 72 valence electrons. The lowest BCUT2D eigenvalue weighted by Crippen LogP contribution is -1.99. The Bertz CT molecular complexity index is 449. The first-order valence-electron chi connectivity index (χ1n) is 4.09. The molecule has 2 rings (SSSR count). The minimum atomic E-state index is 0.378. The van der Waals surface area contributed by atoms with Gasteiger partial charge in [-0.05, 0) is 12.1 Å². The van der Waals surface area contributed by atoms with E-state index in [1.54, 1.807) is 17.8 Å². The first kappa shape index (κ1) is 9.02. The van der Waals surface area contributed by atoms with Crippen molar-refractivity contribution in [2.45, 2.75) is 0 Å². The molecule has 0 aliphatic rings. The van der Waals surface area contributed by atoms with E-state index in [1.807, 2.05) is 18.2 Å². The van der Waals surface area contributed by atoms with Gasteiger partial charge in [0.05, 0.1) is 5.69 Å². The van der Waals surface area contributed by atoms with Crippen LogP contribution >= 0.6 is 11.6 Å². The summed E-state index contributed by atoms with van der Waals surface area (Å²) in [6.45, 7) is 0. The first-order valence-corrected chi connectivity index (χ1v) is 4.47. The Kier molecular flexibility index (Phi) is 2.13. The molecule has 2 aromatic heterocycles. The number of rotatable bonds is 1. The summed E-state index contributed by atoms with van der Waals surface area (Å²) in [5.41, 5.74) is 7.13. The SMILES string of the molecule is Cn1c(N)nc(Cl)c1-c1ccccn1. The lowest BCUT2D eigenvalue weighted by Gasteiger charge is -2.01. The van der Waals surface area contributed by atoms with E-state index < -0.39 is 0 Å². The number of pyridine rings is 1. The summed E-state index contributed by atoms with van der Waals surface area (Å²) in [6.07, 6.45) is 1.70. The molecule has 4 nitrogen and oxygen atoms in total. The van der Waals surface area contributed by atoms with Gasteiger partial charge < -0.3 is 10.3 Å². The van der Waals surface area contributed by atoms with Gasteiger partial charge in [0.2, 0.25) is 5.95 Å². The highest BCUT2D eigenvalue weighted by Crippen LogP contribution is 2.26. The van der Waals surface area contributed by atoms with E-state index in [-0.39, 0.29) is 0 Å². The molecule has 0 bridgehead atoms. The number of imidazole rings is 1. The van der Waals surface area contributed by atoms with Crippen LogP contribution in [0.3, 0.4) is 0 Å². The second-order valence-electron chi connectivity index (χ2n) is 2.88. The quantitative estimate of drug-likeness (QED) is 0.777. The Morgan fingerprint density at radius 1 is 1.43 bits per heavy atom. The Labute approximate surface area is 86.4 Å². The van der Waals surface area contributed by atoms with Gasteiger partial charge in [-0.15, -0.1) is 0 Å². The molecule has 2 heterocycles. The molecule has 14 heavy (non-hydrogen) atoms. The predicted octanol–water partition coefficient (Wildman–Crippen LogP) is 1.72. The number of halogens is 1. The molecular weight excluding hydrogens is 200 g/mol. The van der Waals surface area contributed by atoms with Gasteiger partial charge in [-0.1, -0.05) is 17.7 Å². The van der Waals surface area contributed by atoms with Crippen LogP contribution in [0.15, 0.2) is 24.4 Å². The smallest absolute Gasteiger partial charge is 0.201 e. The molecule has 0 aliphatic heterocycles. The zero-order valence-electron chi connectivity index (χ0n) is 7.61. The van der Waals surface area contributed by atoms with Crippen molar-refractivity contribution >= 4 is 17.5 Å². The molecule has 0 spiro atoms. The van der Waals surface area contributed by atoms with Crippen molar-refractivity contribution in [2.75, 3.05) is 5.73 Å². The topological polar surface area (TPSA) is 56.7 Å². The third kappa shape index (κ3) is 1.33. The summed E-state index contributed by atoms with van der Waals surface area (Å²) in [6, 6.07) is 5.60. The van der Waals surface area contributed by atoms with E-state index in [4.69, 9.17) is 17.3 Å². The Balaban J connectivity index is 2.62. The van der Waals surface area contributed by atoms with Crippen LogP contribution in [-0.4, -0.2) is 14.5 Å². The lowest BCUT2D eigenvalue weighted by molar-refractivity contribution is 0.933. The van der Waals surface area contributed by atoms with Crippen molar-refractivity contribution in [2.24, 2.45) is 7.05 Å². The van der Waals surface area contributed by atoms with Gasteiger partial charge in [0.15, 0.2) is 5.15 Å². The van der Waals surface area contributed by atoms with Crippen molar-refractivity contribution < 1.29 is 0 Å². The fourth-order valence-corrected chi connectivity index (χ4v) is 1.57. The van der Waals surface area contributed by atoms with Gasteiger partial charge in [0, 0.05) is 13.2 Å². The van der Waals surface area contributed by atoms with Crippen molar-refractivity contribution in [1.29, 1.82) is 0 Å². The van der Waals surface area contributed by atoms with Crippen molar-refractivity contribution in [3.8, 4) is 11.4 Å². The lowest BCUT2D eigenvalue weighted by atomic mass is 10.3. The molecule has 2 aromatic rings. The van der Waals surface area contributed by atoms with Crippen LogP contribution in [0.1, 0.15) is 0 Å². The van der Waals surface area contributed by atoms with Gasteiger partial charge in [0.1, 0.15) is 5.69 Å². The summed E-state index contributed by atoms with van der Waals surface area (Å²) < 4.78 is 1.71. The van der Waals surface area contributed by atoms with Crippen LogP contribution in [0.25, 0.3) is 11.4 Å². The molecule has 0 fully saturated rings. The van der Waals surface area contributed by atoms with Crippen LogP contribution in [-0.2, 0) is 7.05 Å².